The van der Waals surface area contributed by atoms with Crippen molar-refractivity contribution in [1.29, 1.82) is 0 Å². The number of para-hydroxylation sites is 2. The summed E-state index contributed by atoms with van der Waals surface area (Å²) in [6.45, 7) is 6.11. The number of carbonyl (C=O) groups is 2. The van der Waals surface area contributed by atoms with Gasteiger partial charge in [0.05, 0.1) is 17.7 Å². The van der Waals surface area contributed by atoms with E-state index < -0.39 is 5.92 Å². The van der Waals surface area contributed by atoms with Crippen molar-refractivity contribution in [2.75, 3.05) is 16.8 Å². The molecule has 0 aromatic heterocycles. The highest BCUT2D eigenvalue weighted by atomic mass is 35.5. The summed E-state index contributed by atoms with van der Waals surface area (Å²) in [6.07, 6.45) is 0.169. The fourth-order valence-corrected chi connectivity index (χ4v) is 3.32. The second-order valence-corrected chi connectivity index (χ2v) is 7.42. The Hall–Kier alpha value is -2.53. The lowest BCUT2D eigenvalue weighted by molar-refractivity contribution is -0.122. The van der Waals surface area contributed by atoms with Crippen LogP contribution in [-0.4, -0.2) is 24.5 Å². The lowest BCUT2D eigenvalue weighted by Gasteiger charge is -2.20. The third-order valence-corrected chi connectivity index (χ3v) is 4.70. The van der Waals surface area contributed by atoms with Gasteiger partial charge >= 0.3 is 0 Å². The topological polar surface area (TPSA) is 58.6 Å². The SMILES string of the molecule is Cc1ccc(Cl)cc1N1CC(C(=O)Nc2ccccc2OC(C)C)CC1=O. The van der Waals surface area contributed by atoms with Crippen molar-refractivity contribution < 1.29 is 14.3 Å². The van der Waals surface area contributed by atoms with E-state index in [1.54, 1.807) is 23.1 Å². The first kappa shape index (κ1) is 19.2. The van der Waals surface area contributed by atoms with Gasteiger partial charge in [0.15, 0.2) is 0 Å². The van der Waals surface area contributed by atoms with Gasteiger partial charge in [0.25, 0.3) is 0 Å². The summed E-state index contributed by atoms with van der Waals surface area (Å²) < 4.78 is 5.74. The summed E-state index contributed by atoms with van der Waals surface area (Å²) in [5.74, 6) is -0.0757. The molecule has 0 bridgehead atoms. The zero-order valence-corrected chi connectivity index (χ0v) is 16.4. The van der Waals surface area contributed by atoms with Gasteiger partial charge in [-0.05, 0) is 50.6 Å². The zero-order valence-electron chi connectivity index (χ0n) is 15.7. The van der Waals surface area contributed by atoms with E-state index >= 15 is 0 Å². The molecule has 0 radical (unpaired) electrons. The first-order valence-corrected chi connectivity index (χ1v) is 9.36. The second kappa shape index (κ2) is 8.01. The maximum Gasteiger partial charge on any atom is 0.229 e. The predicted octanol–water partition coefficient (Wildman–Crippen LogP) is 4.43. The largest absolute Gasteiger partial charge is 0.489 e. The van der Waals surface area contributed by atoms with Gasteiger partial charge in [-0.25, -0.2) is 0 Å². The lowest BCUT2D eigenvalue weighted by atomic mass is 10.1. The summed E-state index contributed by atoms with van der Waals surface area (Å²) in [4.78, 5) is 26.9. The molecule has 5 nitrogen and oxygen atoms in total. The average molecular weight is 387 g/mol. The Balaban J connectivity index is 1.74. The molecule has 1 aliphatic heterocycles. The molecule has 1 saturated heterocycles. The molecule has 2 amide bonds. The molecular formula is C21H23ClN2O3. The summed E-state index contributed by atoms with van der Waals surface area (Å²) in [7, 11) is 0. The highest BCUT2D eigenvalue weighted by Crippen LogP contribution is 2.31. The van der Waals surface area contributed by atoms with Crippen molar-refractivity contribution in [3.8, 4) is 5.75 Å². The highest BCUT2D eigenvalue weighted by molar-refractivity contribution is 6.31. The van der Waals surface area contributed by atoms with Crippen LogP contribution in [0.4, 0.5) is 11.4 Å². The minimum absolute atomic E-state index is 0.00240. The molecule has 1 atom stereocenters. The third-order valence-electron chi connectivity index (χ3n) is 4.47. The predicted molar refractivity (Wildman–Crippen MR) is 107 cm³/mol. The first-order valence-electron chi connectivity index (χ1n) is 8.98. The molecule has 2 aromatic rings. The van der Waals surface area contributed by atoms with Crippen molar-refractivity contribution in [3.63, 3.8) is 0 Å². The lowest BCUT2D eigenvalue weighted by Crippen LogP contribution is -2.28. The molecule has 1 unspecified atom stereocenters. The number of aryl methyl sites for hydroxylation is 1. The quantitative estimate of drug-likeness (QED) is 0.827. The van der Waals surface area contributed by atoms with Crippen molar-refractivity contribution in [2.45, 2.75) is 33.3 Å². The summed E-state index contributed by atoms with van der Waals surface area (Å²) >= 11 is 6.08. The number of carbonyl (C=O) groups excluding carboxylic acids is 2. The van der Waals surface area contributed by atoms with Crippen molar-refractivity contribution >= 4 is 34.8 Å². The van der Waals surface area contributed by atoms with Crippen LogP contribution in [0.25, 0.3) is 0 Å². The molecule has 3 rings (SSSR count). The Morgan fingerprint density at radius 1 is 1.26 bits per heavy atom. The van der Waals surface area contributed by atoms with Gasteiger partial charge in [0.1, 0.15) is 5.75 Å². The van der Waals surface area contributed by atoms with Gasteiger partial charge in [-0.3, -0.25) is 9.59 Å². The number of hydrogen-bond donors (Lipinski definition) is 1. The van der Waals surface area contributed by atoms with Crippen LogP contribution in [0, 0.1) is 12.8 Å². The number of ether oxygens (including phenoxy) is 1. The number of nitrogens with zero attached hydrogens (tertiary/aromatic N) is 1. The molecular weight excluding hydrogens is 364 g/mol. The minimum atomic E-state index is -0.428. The Bertz CT molecular complexity index is 866. The molecule has 27 heavy (non-hydrogen) atoms. The van der Waals surface area contributed by atoms with E-state index in [0.29, 0.717) is 23.0 Å². The summed E-state index contributed by atoms with van der Waals surface area (Å²) in [5.41, 5.74) is 2.32. The fraction of sp³-hybridized carbons (Fsp3) is 0.333. The molecule has 1 aliphatic rings. The van der Waals surface area contributed by atoms with E-state index in [9.17, 15) is 9.59 Å². The fourth-order valence-electron chi connectivity index (χ4n) is 3.15. The van der Waals surface area contributed by atoms with Crippen LogP contribution in [-0.2, 0) is 9.59 Å². The molecule has 0 spiro atoms. The van der Waals surface area contributed by atoms with E-state index in [-0.39, 0.29) is 24.3 Å². The van der Waals surface area contributed by atoms with Crippen LogP contribution < -0.4 is 15.0 Å². The van der Waals surface area contributed by atoms with E-state index in [1.165, 1.54) is 0 Å². The molecule has 2 aromatic carbocycles. The number of rotatable bonds is 5. The Labute approximate surface area is 164 Å². The van der Waals surface area contributed by atoms with E-state index in [1.807, 2.05) is 45.0 Å². The number of hydrogen-bond acceptors (Lipinski definition) is 3. The van der Waals surface area contributed by atoms with E-state index in [4.69, 9.17) is 16.3 Å². The molecule has 0 saturated carbocycles. The zero-order chi connectivity index (χ0) is 19.6. The van der Waals surface area contributed by atoms with Crippen LogP contribution >= 0.6 is 11.6 Å². The number of anilines is 2. The highest BCUT2D eigenvalue weighted by Gasteiger charge is 2.36. The smallest absolute Gasteiger partial charge is 0.229 e. The molecule has 142 valence electrons. The summed E-state index contributed by atoms with van der Waals surface area (Å²) in [6, 6.07) is 12.7. The van der Waals surface area contributed by atoms with Crippen LogP contribution in [0.2, 0.25) is 5.02 Å². The Morgan fingerprint density at radius 2 is 2.00 bits per heavy atom. The molecule has 1 N–H and O–H groups in total. The van der Waals surface area contributed by atoms with Gasteiger partial charge < -0.3 is 15.0 Å². The summed E-state index contributed by atoms with van der Waals surface area (Å²) in [5, 5.41) is 3.47. The van der Waals surface area contributed by atoms with Crippen molar-refractivity contribution in [2.24, 2.45) is 5.92 Å². The number of halogens is 1. The van der Waals surface area contributed by atoms with Crippen LogP contribution in [0.3, 0.4) is 0 Å². The monoisotopic (exact) mass is 386 g/mol. The van der Waals surface area contributed by atoms with Gasteiger partial charge in [0.2, 0.25) is 11.8 Å². The maximum atomic E-state index is 12.8. The first-order chi connectivity index (χ1) is 12.8. The second-order valence-electron chi connectivity index (χ2n) is 6.99. The molecule has 1 fully saturated rings. The maximum absolute atomic E-state index is 12.8. The van der Waals surface area contributed by atoms with Gasteiger partial charge in [-0.15, -0.1) is 0 Å². The number of benzene rings is 2. The third kappa shape index (κ3) is 4.42. The molecule has 6 heteroatoms. The van der Waals surface area contributed by atoms with Crippen LogP contribution in [0.5, 0.6) is 5.75 Å². The minimum Gasteiger partial charge on any atom is -0.489 e. The van der Waals surface area contributed by atoms with Crippen LogP contribution in [0.1, 0.15) is 25.8 Å². The standard InChI is InChI=1S/C21H23ClN2O3/c1-13(2)27-19-7-5-4-6-17(19)23-21(26)15-10-20(25)24(12-15)18-11-16(22)9-8-14(18)3/h4-9,11,13,15H,10,12H2,1-3H3,(H,23,26). The molecule has 1 heterocycles. The Morgan fingerprint density at radius 3 is 2.74 bits per heavy atom. The van der Waals surface area contributed by atoms with Crippen molar-refractivity contribution in [1.82, 2.24) is 0 Å². The van der Waals surface area contributed by atoms with E-state index in [0.717, 1.165) is 11.3 Å². The average Bonchev–Trinajstić information content (AvgIpc) is 3.00. The molecule has 0 aliphatic carbocycles. The van der Waals surface area contributed by atoms with Crippen LogP contribution in [0.15, 0.2) is 42.5 Å². The Kier molecular flexibility index (Phi) is 5.71. The van der Waals surface area contributed by atoms with Gasteiger partial charge in [-0.2, -0.15) is 0 Å². The van der Waals surface area contributed by atoms with Gasteiger partial charge in [-0.1, -0.05) is 29.8 Å². The number of nitrogens with one attached hydrogen (secondary N) is 1. The van der Waals surface area contributed by atoms with Crippen molar-refractivity contribution in [3.05, 3.63) is 53.1 Å². The van der Waals surface area contributed by atoms with E-state index in [2.05, 4.69) is 5.32 Å². The number of amides is 2. The van der Waals surface area contributed by atoms with Gasteiger partial charge in [0, 0.05) is 23.7 Å². The normalized spacial score (nSPS) is 16.7.